The smallest absolute Gasteiger partial charge is 0.252 e. The molecule has 4 rings (SSSR count). The van der Waals surface area contributed by atoms with E-state index in [9.17, 15) is 4.79 Å². The number of morpholine rings is 1. The Bertz CT molecular complexity index is 1030. The molecule has 0 spiro atoms. The van der Waals surface area contributed by atoms with E-state index >= 15 is 0 Å². The van der Waals surface area contributed by atoms with Crippen LogP contribution in [0.3, 0.4) is 0 Å². The summed E-state index contributed by atoms with van der Waals surface area (Å²) in [5, 5.41) is 3.99. The number of hydrogen-bond acceptors (Lipinski definition) is 3. The number of benzene rings is 2. The highest BCUT2D eigenvalue weighted by Gasteiger charge is 2.16. The summed E-state index contributed by atoms with van der Waals surface area (Å²) in [7, 11) is 0. The molecule has 5 heteroatoms. The molecule has 2 heterocycles. The lowest BCUT2D eigenvalue weighted by Crippen LogP contribution is -3.14. The number of amides is 1. The van der Waals surface area contributed by atoms with Gasteiger partial charge in [-0.1, -0.05) is 30.3 Å². The number of quaternary nitrogens is 1. The van der Waals surface area contributed by atoms with Crippen molar-refractivity contribution in [3.05, 3.63) is 65.2 Å². The minimum Gasteiger partial charge on any atom is -0.370 e. The van der Waals surface area contributed by atoms with Crippen LogP contribution < -0.4 is 10.2 Å². The van der Waals surface area contributed by atoms with Crippen molar-refractivity contribution in [3.8, 4) is 11.3 Å². The maximum absolute atomic E-state index is 13.0. The first-order valence-electron chi connectivity index (χ1n) is 10.3. The van der Waals surface area contributed by atoms with E-state index in [2.05, 4.69) is 37.4 Å². The number of para-hydroxylation sites is 1. The number of rotatable bonds is 5. The van der Waals surface area contributed by atoms with Crippen molar-refractivity contribution in [1.82, 2.24) is 10.3 Å². The number of hydrogen-bond donors (Lipinski definition) is 2. The fourth-order valence-electron chi connectivity index (χ4n) is 3.77. The van der Waals surface area contributed by atoms with Gasteiger partial charge in [-0.15, -0.1) is 0 Å². The highest BCUT2D eigenvalue weighted by Crippen LogP contribution is 2.26. The van der Waals surface area contributed by atoms with E-state index in [1.165, 1.54) is 16.0 Å². The first-order valence-corrected chi connectivity index (χ1v) is 10.3. The molecule has 29 heavy (non-hydrogen) atoms. The zero-order valence-electron chi connectivity index (χ0n) is 17.1. The highest BCUT2D eigenvalue weighted by atomic mass is 16.5. The van der Waals surface area contributed by atoms with E-state index in [0.717, 1.165) is 55.0 Å². The number of pyridine rings is 1. The van der Waals surface area contributed by atoms with Gasteiger partial charge in [0, 0.05) is 10.9 Å². The Morgan fingerprint density at radius 2 is 1.86 bits per heavy atom. The molecule has 0 bridgehead atoms. The molecular weight excluding hydrogens is 362 g/mol. The Balaban J connectivity index is 1.60. The van der Waals surface area contributed by atoms with E-state index in [0.29, 0.717) is 12.1 Å². The normalized spacial score (nSPS) is 14.8. The van der Waals surface area contributed by atoms with E-state index in [1.807, 2.05) is 30.3 Å². The SMILES string of the molecule is Cc1ccc(-c2cc(C(=O)NCC[NH+]3CCOCC3)c3ccccc3n2)cc1C. The molecular formula is C24H28N3O2+. The molecule has 1 saturated heterocycles. The van der Waals surface area contributed by atoms with Gasteiger partial charge >= 0.3 is 0 Å². The fourth-order valence-corrected chi connectivity index (χ4v) is 3.77. The lowest BCUT2D eigenvalue weighted by molar-refractivity contribution is -0.906. The molecule has 150 valence electrons. The Kier molecular flexibility index (Phi) is 5.88. The zero-order chi connectivity index (χ0) is 20.2. The van der Waals surface area contributed by atoms with Crippen molar-refractivity contribution in [2.75, 3.05) is 39.4 Å². The molecule has 1 fully saturated rings. The van der Waals surface area contributed by atoms with Crippen molar-refractivity contribution in [1.29, 1.82) is 0 Å². The number of aryl methyl sites for hydroxylation is 2. The van der Waals surface area contributed by atoms with Crippen LogP contribution in [0.25, 0.3) is 22.2 Å². The van der Waals surface area contributed by atoms with Crippen LogP contribution in [0.1, 0.15) is 21.5 Å². The van der Waals surface area contributed by atoms with E-state index in [1.54, 1.807) is 0 Å². The van der Waals surface area contributed by atoms with Crippen molar-refractivity contribution in [3.63, 3.8) is 0 Å². The van der Waals surface area contributed by atoms with Crippen LogP contribution in [-0.4, -0.2) is 50.3 Å². The van der Waals surface area contributed by atoms with Crippen LogP contribution >= 0.6 is 0 Å². The molecule has 2 aromatic carbocycles. The monoisotopic (exact) mass is 390 g/mol. The third-order valence-electron chi connectivity index (χ3n) is 5.73. The predicted octanol–water partition coefficient (Wildman–Crippen LogP) is 2.16. The van der Waals surface area contributed by atoms with Crippen LogP contribution in [0.2, 0.25) is 0 Å². The molecule has 0 aliphatic carbocycles. The number of nitrogens with one attached hydrogen (secondary N) is 2. The fraction of sp³-hybridized carbons (Fsp3) is 0.333. The van der Waals surface area contributed by atoms with Gasteiger partial charge in [0.15, 0.2) is 0 Å². The zero-order valence-corrected chi connectivity index (χ0v) is 17.1. The number of nitrogens with zero attached hydrogens (tertiary/aromatic N) is 1. The topological polar surface area (TPSA) is 55.7 Å². The lowest BCUT2D eigenvalue weighted by Gasteiger charge is -2.23. The first kappa shape index (κ1) is 19.6. The maximum atomic E-state index is 13.0. The summed E-state index contributed by atoms with van der Waals surface area (Å²) in [6, 6.07) is 16.1. The molecule has 3 aromatic rings. The van der Waals surface area contributed by atoms with Crippen LogP contribution in [0.5, 0.6) is 0 Å². The molecule has 1 aliphatic heterocycles. The van der Waals surface area contributed by atoms with Gasteiger partial charge in [0.1, 0.15) is 13.1 Å². The molecule has 0 saturated carbocycles. The van der Waals surface area contributed by atoms with Gasteiger partial charge < -0.3 is 15.0 Å². The molecule has 1 amide bonds. The number of fused-ring (bicyclic) bond motifs is 1. The van der Waals surface area contributed by atoms with Gasteiger partial charge in [-0.3, -0.25) is 4.79 Å². The lowest BCUT2D eigenvalue weighted by atomic mass is 10.0. The van der Waals surface area contributed by atoms with Gasteiger partial charge in [0.25, 0.3) is 5.91 Å². The van der Waals surface area contributed by atoms with Crippen LogP contribution in [0.4, 0.5) is 0 Å². The standard InChI is InChI=1S/C24H27N3O2/c1-17-7-8-19(15-18(17)2)23-16-21(20-5-3-4-6-22(20)26-23)24(28)25-9-10-27-11-13-29-14-12-27/h3-8,15-16H,9-14H2,1-2H3,(H,25,28)/p+1. The van der Waals surface area contributed by atoms with E-state index < -0.39 is 0 Å². The van der Waals surface area contributed by atoms with E-state index in [4.69, 9.17) is 9.72 Å². The van der Waals surface area contributed by atoms with Crippen molar-refractivity contribution < 1.29 is 14.4 Å². The summed E-state index contributed by atoms with van der Waals surface area (Å²) in [5.41, 5.74) is 5.85. The number of ether oxygens (including phenoxy) is 1. The average Bonchev–Trinajstić information content (AvgIpc) is 2.75. The van der Waals surface area contributed by atoms with Crippen molar-refractivity contribution in [2.24, 2.45) is 0 Å². The largest absolute Gasteiger partial charge is 0.370 e. The average molecular weight is 391 g/mol. The van der Waals surface area contributed by atoms with Crippen LogP contribution in [0, 0.1) is 13.8 Å². The third-order valence-corrected chi connectivity index (χ3v) is 5.73. The first-order chi connectivity index (χ1) is 14.1. The maximum Gasteiger partial charge on any atom is 0.252 e. The molecule has 0 unspecified atom stereocenters. The van der Waals surface area contributed by atoms with Crippen LogP contribution in [-0.2, 0) is 4.74 Å². The Labute approximate surface area is 171 Å². The van der Waals surface area contributed by atoms with Gasteiger partial charge in [0.05, 0.1) is 43.1 Å². The van der Waals surface area contributed by atoms with Crippen molar-refractivity contribution in [2.45, 2.75) is 13.8 Å². The Morgan fingerprint density at radius 3 is 2.66 bits per heavy atom. The van der Waals surface area contributed by atoms with Crippen LogP contribution in [0.15, 0.2) is 48.5 Å². The third kappa shape index (κ3) is 4.47. The second-order valence-corrected chi connectivity index (χ2v) is 7.74. The van der Waals surface area contributed by atoms with Gasteiger partial charge in [-0.25, -0.2) is 4.98 Å². The van der Waals surface area contributed by atoms with Gasteiger partial charge in [-0.05, 0) is 43.2 Å². The minimum absolute atomic E-state index is 0.0404. The molecule has 1 aliphatic rings. The summed E-state index contributed by atoms with van der Waals surface area (Å²) < 4.78 is 5.40. The molecule has 0 radical (unpaired) electrons. The van der Waals surface area contributed by atoms with Gasteiger partial charge in [0.2, 0.25) is 0 Å². The molecule has 5 nitrogen and oxygen atoms in total. The minimum atomic E-state index is -0.0404. The quantitative estimate of drug-likeness (QED) is 0.702. The van der Waals surface area contributed by atoms with Gasteiger partial charge in [-0.2, -0.15) is 0 Å². The number of aromatic nitrogens is 1. The Morgan fingerprint density at radius 1 is 1.07 bits per heavy atom. The number of carbonyl (C=O) groups excluding carboxylic acids is 1. The summed E-state index contributed by atoms with van der Waals surface area (Å²) in [4.78, 5) is 19.3. The second-order valence-electron chi connectivity index (χ2n) is 7.74. The second kappa shape index (κ2) is 8.72. The summed E-state index contributed by atoms with van der Waals surface area (Å²) >= 11 is 0. The highest BCUT2D eigenvalue weighted by molar-refractivity contribution is 6.07. The molecule has 2 N–H and O–H groups in total. The summed E-state index contributed by atoms with van der Waals surface area (Å²) in [5.74, 6) is -0.0404. The molecule has 0 atom stereocenters. The summed E-state index contributed by atoms with van der Waals surface area (Å²) in [6.07, 6.45) is 0. The molecule has 1 aromatic heterocycles. The summed E-state index contributed by atoms with van der Waals surface area (Å²) in [6.45, 7) is 9.39. The Hall–Kier alpha value is -2.76. The van der Waals surface area contributed by atoms with Crippen molar-refractivity contribution >= 4 is 16.8 Å². The van der Waals surface area contributed by atoms with E-state index in [-0.39, 0.29) is 5.91 Å². The predicted molar refractivity (Wildman–Crippen MR) is 115 cm³/mol. The number of carbonyl (C=O) groups is 1.